The Kier molecular flexibility index (Phi) is 8.02. The molecular weight excluding hydrogens is 296 g/mol. The van der Waals surface area contributed by atoms with Gasteiger partial charge in [-0.25, -0.2) is 0 Å². The zero-order chi connectivity index (χ0) is 12.7. The van der Waals surface area contributed by atoms with Crippen molar-refractivity contribution >= 4 is 41.8 Å². The number of hydrogen-bond donors (Lipinski definition) is 2. The Hall–Kier alpha value is 0.520. The van der Waals surface area contributed by atoms with Crippen molar-refractivity contribution in [2.45, 2.75) is 12.8 Å². The highest BCUT2D eigenvalue weighted by Crippen LogP contribution is 2.22. The van der Waals surface area contributed by atoms with Crippen molar-refractivity contribution in [3.05, 3.63) is 0 Å². The van der Waals surface area contributed by atoms with Crippen LogP contribution in [-0.4, -0.2) is 49.0 Å². The Labute approximate surface area is 103 Å². The minimum atomic E-state index is -3.88. The summed E-state index contributed by atoms with van der Waals surface area (Å²) in [5.74, 6) is 0.615. The molecule has 0 rings (SSSR count). The molecule has 0 aliphatic heterocycles. The Morgan fingerprint density at radius 3 is 1.31 bits per heavy atom. The lowest BCUT2D eigenvalue weighted by Gasteiger charge is -2.00. The molecule has 0 spiro atoms. The van der Waals surface area contributed by atoms with Crippen LogP contribution in [0.1, 0.15) is 12.8 Å². The third-order valence-electron chi connectivity index (χ3n) is 1.34. The molecule has 0 bridgehead atoms. The maximum atomic E-state index is 10.3. The quantitative estimate of drug-likeness (QED) is 0.368. The molecule has 0 aromatic rings. The molecule has 0 radical (unpaired) electrons. The largest absolute Gasteiger partial charge is 0.286 e. The van der Waals surface area contributed by atoms with Crippen LogP contribution in [0.4, 0.5) is 0 Å². The van der Waals surface area contributed by atoms with E-state index in [4.69, 9.17) is 9.11 Å². The van der Waals surface area contributed by atoms with E-state index in [2.05, 4.69) is 0 Å². The zero-order valence-corrected chi connectivity index (χ0v) is 11.7. The zero-order valence-electron chi connectivity index (χ0n) is 8.40. The van der Waals surface area contributed by atoms with Crippen molar-refractivity contribution in [2.75, 3.05) is 23.0 Å². The summed E-state index contributed by atoms with van der Waals surface area (Å²) in [6.07, 6.45) is 0.712. The van der Waals surface area contributed by atoms with Crippen LogP contribution in [-0.2, 0) is 20.2 Å². The van der Waals surface area contributed by atoms with Gasteiger partial charge < -0.3 is 0 Å². The van der Waals surface area contributed by atoms with Gasteiger partial charge in [0, 0.05) is 11.5 Å². The fourth-order valence-corrected chi connectivity index (χ4v) is 4.28. The van der Waals surface area contributed by atoms with Crippen molar-refractivity contribution < 1.29 is 25.9 Å². The smallest absolute Gasteiger partial charge is 0.264 e. The molecule has 0 unspecified atom stereocenters. The van der Waals surface area contributed by atoms with Crippen molar-refractivity contribution in [1.82, 2.24) is 0 Å². The van der Waals surface area contributed by atoms with E-state index in [9.17, 15) is 16.8 Å². The van der Waals surface area contributed by atoms with E-state index in [1.165, 1.54) is 21.6 Å². The Morgan fingerprint density at radius 1 is 0.750 bits per heavy atom. The SMILES string of the molecule is O=S(=O)(O)CCCSSCCCS(=O)(=O)O. The molecule has 6 nitrogen and oxygen atoms in total. The molecule has 0 heterocycles. The van der Waals surface area contributed by atoms with Crippen LogP contribution < -0.4 is 0 Å². The minimum Gasteiger partial charge on any atom is -0.286 e. The lowest BCUT2D eigenvalue weighted by atomic mass is 10.6. The second-order valence-corrected chi connectivity index (χ2v) is 8.77. The first-order chi connectivity index (χ1) is 7.21. The van der Waals surface area contributed by atoms with Crippen LogP contribution >= 0.6 is 21.6 Å². The van der Waals surface area contributed by atoms with Crippen LogP contribution in [0.2, 0.25) is 0 Å². The summed E-state index contributed by atoms with van der Waals surface area (Å²) in [5, 5.41) is 0. The highest BCUT2D eigenvalue weighted by atomic mass is 33.1. The van der Waals surface area contributed by atoms with Crippen LogP contribution in [0.3, 0.4) is 0 Å². The van der Waals surface area contributed by atoms with Crippen molar-refractivity contribution in [1.29, 1.82) is 0 Å². The van der Waals surface area contributed by atoms with Gasteiger partial charge in [-0.15, -0.1) is 0 Å². The highest BCUT2D eigenvalue weighted by Gasteiger charge is 2.05. The molecule has 0 aliphatic rings. The molecule has 0 fully saturated rings. The third-order valence-corrected chi connectivity index (χ3v) is 5.53. The average Bonchev–Trinajstić information content (AvgIpc) is 2.06. The van der Waals surface area contributed by atoms with Gasteiger partial charge in [-0.2, -0.15) is 16.8 Å². The van der Waals surface area contributed by atoms with Gasteiger partial charge in [0.15, 0.2) is 0 Å². The summed E-state index contributed by atoms with van der Waals surface area (Å²) < 4.78 is 58.1. The molecule has 0 aromatic carbocycles. The molecule has 16 heavy (non-hydrogen) atoms. The van der Waals surface area contributed by atoms with Crippen molar-refractivity contribution in [3.8, 4) is 0 Å². The van der Waals surface area contributed by atoms with E-state index in [0.717, 1.165) is 0 Å². The van der Waals surface area contributed by atoms with Gasteiger partial charge in [-0.05, 0) is 12.8 Å². The fourth-order valence-electron chi connectivity index (χ4n) is 0.718. The molecule has 2 N–H and O–H groups in total. The summed E-state index contributed by atoms with van der Waals surface area (Å²) in [6.45, 7) is 0. The van der Waals surface area contributed by atoms with Gasteiger partial charge in [-0.1, -0.05) is 21.6 Å². The second kappa shape index (κ2) is 7.77. The second-order valence-electron chi connectivity index (χ2n) is 2.92. The third kappa shape index (κ3) is 14.5. The van der Waals surface area contributed by atoms with Crippen LogP contribution in [0.5, 0.6) is 0 Å². The Balaban J connectivity index is 3.29. The molecule has 0 amide bonds. The first kappa shape index (κ1) is 16.5. The first-order valence-electron chi connectivity index (χ1n) is 4.35. The topological polar surface area (TPSA) is 109 Å². The summed E-state index contributed by atoms with van der Waals surface area (Å²) in [6, 6.07) is 0. The lowest BCUT2D eigenvalue weighted by molar-refractivity contribution is 0.480. The van der Waals surface area contributed by atoms with Crippen LogP contribution in [0.25, 0.3) is 0 Å². The maximum Gasteiger partial charge on any atom is 0.264 e. The number of rotatable bonds is 9. The monoisotopic (exact) mass is 310 g/mol. The molecule has 0 aromatic heterocycles. The van der Waals surface area contributed by atoms with E-state index >= 15 is 0 Å². The van der Waals surface area contributed by atoms with Crippen LogP contribution in [0, 0.1) is 0 Å². The predicted molar refractivity (Wildman–Crippen MR) is 67.0 cm³/mol. The van der Waals surface area contributed by atoms with Gasteiger partial charge in [0.25, 0.3) is 20.2 Å². The first-order valence-corrected chi connectivity index (χ1v) is 10.1. The van der Waals surface area contributed by atoms with E-state index in [1.54, 1.807) is 0 Å². The normalized spacial score (nSPS) is 12.9. The van der Waals surface area contributed by atoms with E-state index < -0.39 is 20.2 Å². The number of hydrogen-bond acceptors (Lipinski definition) is 6. The molecule has 10 heteroatoms. The van der Waals surface area contributed by atoms with Gasteiger partial charge >= 0.3 is 0 Å². The predicted octanol–water partition coefficient (Wildman–Crippen LogP) is 0.924. The maximum absolute atomic E-state index is 10.3. The van der Waals surface area contributed by atoms with E-state index in [-0.39, 0.29) is 11.5 Å². The Morgan fingerprint density at radius 2 is 1.06 bits per heavy atom. The van der Waals surface area contributed by atoms with Crippen molar-refractivity contribution in [2.24, 2.45) is 0 Å². The Bertz CT molecular complexity index is 334. The van der Waals surface area contributed by atoms with E-state index in [1.807, 2.05) is 0 Å². The average molecular weight is 310 g/mol. The molecule has 0 atom stereocenters. The summed E-state index contributed by atoms with van der Waals surface area (Å²) in [7, 11) is -4.93. The molecule has 0 aliphatic carbocycles. The summed E-state index contributed by atoms with van der Waals surface area (Å²) in [5.41, 5.74) is 0. The summed E-state index contributed by atoms with van der Waals surface area (Å²) >= 11 is 0. The molecular formula is C6H14O6S4. The minimum absolute atomic E-state index is 0.258. The van der Waals surface area contributed by atoms with Gasteiger partial charge in [-0.3, -0.25) is 9.11 Å². The standard InChI is InChI=1S/C6H14O6S4/c7-15(8,9)5-1-3-13-14-4-2-6-16(10,11)12/h1-6H2,(H,7,8,9)(H,10,11,12). The van der Waals surface area contributed by atoms with Gasteiger partial charge in [0.1, 0.15) is 0 Å². The summed E-state index contributed by atoms with van der Waals surface area (Å²) in [4.78, 5) is 0. The van der Waals surface area contributed by atoms with Crippen LogP contribution in [0.15, 0.2) is 0 Å². The fraction of sp³-hybridized carbons (Fsp3) is 1.00. The van der Waals surface area contributed by atoms with E-state index in [0.29, 0.717) is 24.3 Å². The van der Waals surface area contributed by atoms with Gasteiger partial charge in [0.05, 0.1) is 11.5 Å². The van der Waals surface area contributed by atoms with Gasteiger partial charge in [0.2, 0.25) is 0 Å². The molecule has 98 valence electrons. The van der Waals surface area contributed by atoms with Crippen molar-refractivity contribution in [3.63, 3.8) is 0 Å². The highest BCUT2D eigenvalue weighted by molar-refractivity contribution is 8.76. The molecule has 0 saturated carbocycles. The molecule has 0 saturated heterocycles. The lowest BCUT2D eigenvalue weighted by Crippen LogP contribution is -2.04.